The van der Waals surface area contributed by atoms with E-state index >= 15 is 0 Å². The Morgan fingerprint density at radius 3 is 2.60 bits per heavy atom. The summed E-state index contributed by atoms with van der Waals surface area (Å²) in [6, 6.07) is 16.3. The van der Waals surface area contributed by atoms with Gasteiger partial charge in [-0.2, -0.15) is 0 Å². The van der Waals surface area contributed by atoms with Crippen molar-refractivity contribution in [3.63, 3.8) is 0 Å². The molecule has 1 aliphatic rings. The van der Waals surface area contributed by atoms with Crippen molar-refractivity contribution in [2.75, 3.05) is 4.90 Å². The van der Waals surface area contributed by atoms with Crippen LogP contribution in [-0.2, 0) is 20.8 Å². The molecule has 0 bridgehead atoms. The zero-order chi connectivity index (χ0) is 17.8. The minimum Gasteiger partial charge on any atom is -0.478 e. The first-order valence-electron chi connectivity index (χ1n) is 7.96. The second kappa shape index (κ2) is 7.13. The van der Waals surface area contributed by atoms with Crippen LogP contribution in [-0.4, -0.2) is 22.9 Å². The summed E-state index contributed by atoms with van der Waals surface area (Å²) in [7, 11) is 0. The maximum absolute atomic E-state index is 12.7. The van der Waals surface area contributed by atoms with E-state index in [1.807, 2.05) is 30.3 Å². The number of amides is 2. The highest BCUT2D eigenvalue weighted by Crippen LogP contribution is 2.29. The topological polar surface area (TPSA) is 74.7 Å². The van der Waals surface area contributed by atoms with Gasteiger partial charge in [-0.25, -0.2) is 4.79 Å². The van der Waals surface area contributed by atoms with Crippen LogP contribution in [0, 0.1) is 5.92 Å². The number of carboxylic acids is 1. The lowest BCUT2D eigenvalue weighted by atomic mass is 9.98. The van der Waals surface area contributed by atoms with E-state index in [0.29, 0.717) is 17.7 Å². The van der Waals surface area contributed by atoms with Gasteiger partial charge in [-0.1, -0.05) is 42.5 Å². The Labute approximate surface area is 145 Å². The summed E-state index contributed by atoms with van der Waals surface area (Å²) < 4.78 is 0. The maximum atomic E-state index is 12.7. The lowest BCUT2D eigenvalue weighted by Gasteiger charge is -2.15. The monoisotopic (exact) mass is 335 g/mol. The smallest absolute Gasteiger partial charge is 0.328 e. The third kappa shape index (κ3) is 3.83. The van der Waals surface area contributed by atoms with Crippen LogP contribution >= 0.6 is 0 Å². The molecule has 1 aliphatic heterocycles. The van der Waals surface area contributed by atoms with Gasteiger partial charge in [0.15, 0.2) is 0 Å². The highest BCUT2D eigenvalue weighted by molar-refractivity contribution is 6.21. The fourth-order valence-electron chi connectivity index (χ4n) is 2.96. The average molecular weight is 335 g/mol. The first kappa shape index (κ1) is 16.6. The van der Waals surface area contributed by atoms with Crippen LogP contribution in [0.3, 0.4) is 0 Å². The third-order valence-corrected chi connectivity index (χ3v) is 4.11. The molecule has 2 aromatic carbocycles. The van der Waals surface area contributed by atoms with E-state index in [1.165, 1.54) is 11.0 Å². The Bertz CT molecular complexity index is 842. The summed E-state index contributed by atoms with van der Waals surface area (Å²) >= 11 is 0. The lowest BCUT2D eigenvalue weighted by molar-refractivity contribution is -0.131. The molecule has 0 aliphatic carbocycles. The van der Waals surface area contributed by atoms with Crippen LogP contribution in [0.1, 0.15) is 17.5 Å². The predicted octanol–water partition coefficient (Wildman–Crippen LogP) is 2.91. The maximum Gasteiger partial charge on any atom is 0.328 e. The number of aliphatic carboxylic acids is 1. The molecule has 126 valence electrons. The van der Waals surface area contributed by atoms with E-state index in [2.05, 4.69) is 0 Å². The van der Waals surface area contributed by atoms with Crippen molar-refractivity contribution in [1.82, 2.24) is 0 Å². The molecule has 0 saturated carbocycles. The van der Waals surface area contributed by atoms with Gasteiger partial charge in [0.05, 0.1) is 11.6 Å². The summed E-state index contributed by atoms with van der Waals surface area (Å²) in [6.45, 7) is 0. The third-order valence-electron chi connectivity index (χ3n) is 4.11. The molecule has 1 fully saturated rings. The average Bonchev–Trinajstić information content (AvgIpc) is 2.88. The molecule has 1 saturated heterocycles. The van der Waals surface area contributed by atoms with Crippen molar-refractivity contribution in [2.24, 2.45) is 5.92 Å². The first-order chi connectivity index (χ1) is 12.0. The molecule has 5 heteroatoms. The molecule has 5 nitrogen and oxygen atoms in total. The minimum atomic E-state index is -1.05. The summed E-state index contributed by atoms with van der Waals surface area (Å²) in [5.41, 5.74) is 2.11. The van der Waals surface area contributed by atoms with Gasteiger partial charge in [-0.3, -0.25) is 14.5 Å². The lowest BCUT2D eigenvalue weighted by Crippen LogP contribution is -2.30. The molecule has 1 N–H and O–H groups in total. The van der Waals surface area contributed by atoms with Gasteiger partial charge in [0, 0.05) is 12.5 Å². The largest absolute Gasteiger partial charge is 0.478 e. The number of benzene rings is 2. The highest BCUT2D eigenvalue weighted by Gasteiger charge is 2.39. The first-order valence-corrected chi connectivity index (χ1v) is 7.96. The van der Waals surface area contributed by atoms with Crippen molar-refractivity contribution in [2.45, 2.75) is 12.8 Å². The van der Waals surface area contributed by atoms with Crippen LogP contribution in [0.15, 0.2) is 60.7 Å². The molecule has 3 rings (SSSR count). The fourth-order valence-corrected chi connectivity index (χ4v) is 2.96. The van der Waals surface area contributed by atoms with Gasteiger partial charge in [0.25, 0.3) is 0 Å². The molecule has 1 unspecified atom stereocenters. The van der Waals surface area contributed by atoms with Crippen LogP contribution in [0.4, 0.5) is 5.69 Å². The van der Waals surface area contributed by atoms with Crippen molar-refractivity contribution < 1.29 is 19.5 Å². The Morgan fingerprint density at radius 1 is 1.12 bits per heavy atom. The van der Waals surface area contributed by atoms with Gasteiger partial charge in [0.2, 0.25) is 11.8 Å². The number of carbonyl (C=O) groups is 3. The quantitative estimate of drug-likeness (QED) is 0.673. The Balaban J connectivity index is 1.81. The van der Waals surface area contributed by atoms with E-state index in [0.717, 1.165) is 11.6 Å². The predicted molar refractivity (Wildman–Crippen MR) is 93.9 cm³/mol. The van der Waals surface area contributed by atoms with Crippen molar-refractivity contribution in [1.29, 1.82) is 0 Å². The van der Waals surface area contributed by atoms with E-state index in [-0.39, 0.29) is 24.2 Å². The van der Waals surface area contributed by atoms with Crippen molar-refractivity contribution in [3.8, 4) is 0 Å². The SMILES string of the molecule is O=C(O)/C=C/c1cccc(N2C(=O)CC(Cc3ccccc3)C2=O)c1. The number of anilines is 1. The van der Waals surface area contributed by atoms with E-state index in [4.69, 9.17) is 5.11 Å². The number of hydrogen-bond donors (Lipinski definition) is 1. The van der Waals surface area contributed by atoms with Gasteiger partial charge in [-0.05, 0) is 35.8 Å². The molecule has 1 atom stereocenters. The Hall–Kier alpha value is -3.21. The van der Waals surface area contributed by atoms with Crippen LogP contribution in [0.5, 0.6) is 0 Å². The van der Waals surface area contributed by atoms with E-state index in [9.17, 15) is 14.4 Å². The summed E-state index contributed by atoms with van der Waals surface area (Å²) in [5.74, 6) is -1.87. The molecule has 2 amide bonds. The molecule has 0 spiro atoms. The molecule has 1 heterocycles. The summed E-state index contributed by atoms with van der Waals surface area (Å²) in [4.78, 5) is 36.9. The summed E-state index contributed by atoms with van der Waals surface area (Å²) in [6.07, 6.45) is 3.16. The fraction of sp³-hybridized carbons (Fsp3) is 0.150. The second-order valence-corrected chi connectivity index (χ2v) is 5.92. The molecular weight excluding hydrogens is 318 g/mol. The van der Waals surface area contributed by atoms with Crippen LogP contribution < -0.4 is 4.90 Å². The standard InChI is InChI=1S/C20H17NO4/c22-18-13-16(11-14-5-2-1-3-6-14)20(25)21(18)17-8-4-7-15(12-17)9-10-19(23)24/h1-10,12,16H,11,13H2,(H,23,24)/b10-9+. The zero-order valence-corrected chi connectivity index (χ0v) is 13.5. The Kier molecular flexibility index (Phi) is 4.75. The number of carbonyl (C=O) groups excluding carboxylic acids is 2. The minimum absolute atomic E-state index is 0.183. The second-order valence-electron chi connectivity index (χ2n) is 5.92. The van der Waals surface area contributed by atoms with Crippen LogP contribution in [0.25, 0.3) is 6.08 Å². The molecule has 0 aromatic heterocycles. The van der Waals surface area contributed by atoms with Gasteiger partial charge in [-0.15, -0.1) is 0 Å². The molecular formula is C20H17NO4. The number of rotatable bonds is 5. The number of imide groups is 1. The van der Waals surface area contributed by atoms with E-state index in [1.54, 1.807) is 24.3 Å². The molecule has 0 radical (unpaired) electrons. The number of carboxylic acid groups (broad SMARTS) is 1. The molecule has 2 aromatic rings. The van der Waals surface area contributed by atoms with Crippen molar-refractivity contribution in [3.05, 3.63) is 71.8 Å². The number of hydrogen-bond acceptors (Lipinski definition) is 3. The van der Waals surface area contributed by atoms with Crippen molar-refractivity contribution >= 4 is 29.5 Å². The van der Waals surface area contributed by atoms with Crippen LogP contribution in [0.2, 0.25) is 0 Å². The van der Waals surface area contributed by atoms with Gasteiger partial charge >= 0.3 is 5.97 Å². The summed E-state index contributed by atoms with van der Waals surface area (Å²) in [5, 5.41) is 8.71. The molecule has 25 heavy (non-hydrogen) atoms. The van der Waals surface area contributed by atoms with Gasteiger partial charge < -0.3 is 5.11 Å². The Morgan fingerprint density at radius 2 is 1.88 bits per heavy atom. The van der Waals surface area contributed by atoms with E-state index < -0.39 is 5.97 Å². The normalized spacial score (nSPS) is 17.4. The zero-order valence-electron chi connectivity index (χ0n) is 13.5. The highest BCUT2D eigenvalue weighted by atomic mass is 16.4. The number of nitrogens with zero attached hydrogens (tertiary/aromatic N) is 1. The van der Waals surface area contributed by atoms with Gasteiger partial charge in [0.1, 0.15) is 0 Å².